The molecule has 0 rings (SSSR count). The topological polar surface area (TPSA) is 43.4 Å². The third kappa shape index (κ3) is 13.9. The Morgan fingerprint density at radius 2 is 1.19 bits per heavy atom. The highest BCUT2D eigenvalue weighted by Crippen LogP contribution is 2.11. The van der Waals surface area contributed by atoms with Crippen LogP contribution in [0.1, 0.15) is 71.1 Å². The summed E-state index contributed by atoms with van der Waals surface area (Å²) in [7, 11) is -2.64. The molecule has 0 bridgehead atoms. The van der Waals surface area contributed by atoms with Crippen molar-refractivity contribution < 1.29 is 13.7 Å². The van der Waals surface area contributed by atoms with Crippen molar-refractivity contribution in [2.75, 3.05) is 6.61 Å². The molecular formula is C12H25O3P. The van der Waals surface area contributed by atoms with Gasteiger partial charge in [0.2, 0.25) is 0 Å². The Kier molecular flexibility index (Phi) is 12.8. The third-order valence-corrected chi connectivity index (χ3v) is 3.09. The van der Waals surface area contributed by atoms with Crippen LogP contribution in [0.5, 0.6) is 0 Å². The van der Waals surface area contributed by atoms with Gasteiger partial charge in [-0.25, -0.2) is 9.13 Å². The molecule has 0 spiro atoms. The lowest BCUT2D eigenvalue weighted by Gasteiger charge is -2.01. The number of unbranched alkanes of at least 4 members (excludes halogenated alkanes) is 9. The highest BCUT2D eigenvalue weighted by molar-refractivity contribution is 7.24. The van der Waals surface area contributed by atoms with Gasteiger partial charge in [0.05, 0.1) is 6.61 Å². The highest BCUT2D eigenvalue weighted by atomic mass is 31.1. The van der Waals surface area contributed by atoms with Gasteiger partial charge in [0.25, 0.3) is 0 Å². The quantitative estimate of drug-likeness (QED) is 0.360. The van der Waals surface area contributed by atoms with Crippen LogP contribution in [-0.4, -0.2) is 6.61 Å². The summed E-state index contributed by atoms with van der Waals surface area (Å²) in [5, 5.41) is 0. The summed E-state index contributed by atoms with van der Waals surface area (Å²) in [6, 6.07) is 0. The van der Waals surface area contributed by atoms with Gasteiger partial charge in [-0.3, -0.25) is 4.52 Å². The SMILES string of the molecule is CCCCCCCCCCCCOP(=O)=O. The Morgan fingerprint density at radius 3 is 1.62 bits per heavy atom. The largest absolute Gasteiger partial charge is 0.468 e. The first-order valence-corrected chi connectivity index (χ1v) is 7.64. The Bertz CT molecular complexity index is 194. The van der Waals surface area contributed by atoms with Gasteiger partial charge in [0, 0.05) is 0 Å². The van der Waals surface area contributed by atoms with Crippen LogP contribution in [0.2, 0.25) is 0 Å². The van der Waals surface area contributed by atoms with E-state index in [2.05, 4.69) is 11.4 Å². The molecule has 0 saturated carbocycles. The second kappa shape index (κ2) is 12.9. The van der Waals surface area contributed by atoms with Crippen LogP contribution in [0.15, 0.2) is 0 Å². The summed E-state index contributed by atoms with van der Waals surface area (Å²) < 4.78 is 24.6. The van der Waals surface area contributed by atoms with E-state index in [9.17, 15) is 9.13 Å². The standard InChI is InChI=1S/C12H25O3P/c1-2-3-4-5-6-7-8-9-10-11-12-15-16(13)14/h2-12H2,1H3. The number of rotatable bonds is 12. The van der Waals surface area contributed by atoms with Crippen LogP contribution in [0.3, 0.4) is 0 Å². The van der Waals surface area contributed by atoms with E-state index in [1.54, 1.807) is 0 Å². The van der Waals surface area contributed by atoms with Crippen LogP contribution < -0.4 is 0 Å². The van der Waals surface area contributed by atoms with Crippen molar-refractivity contribution in [3.05, 3.63) is 0 Å². The van der Waals surface area contributed by atoms with E-state index in [4.69, 9.17) is 0 Å². The van der Waals surface area contributed by atoms with Crippen molar-refractivity contribution in [1.29, 1.82) is 0 Å². The Labute approximate surface area is 99.9 Å². The summed E-state index contributed by atoms with van der Waals surface area (Å²) in [4.78, 5) is 0. The molecule has 0 amide bonds. The van der Waals surface area contributed by atoms with Crippen molar-refractivity contribution in [3.8, 4) is 0 Å². The van der Waals surface area contributed by atoms with Crippen LogP contribution >= 0.6 is 7.91 Å². The van der Waals surface area contributed by atoms with Crippen molar-refractivity contribution in [2.24, 2.45) is 0 Å². The van der Waals surface area contributed by atoms with Gasteiger partial charge in [0.1, 0.15) is 0 Å². The smallest absolute Gasteiger partial charge is 0.271 e. The monoisotopic (exact) mass is 248 g/mol. The minimum absolute atomic E-state index is 0.356. The molecule has 16 heavy (non-hydrogen) atoms. The fraction of sp³-hybridized carbons (Fsp3) is 1.00. The molecule has 0 aromatic carbocycles. The lowest BCUT2D eigenvalue weighted by molar-refractivity contribution is 0.294. The second-order valence-corrected chi connectivity index (χ2v) is 4.94. The van der Waals surface area contributed by atoms with E-state index < -0.39 is 7.91 Å². The maximum atomic E-state index is 10.1. The maximum absolute atomic E-state index is 10.1. The predicted octanol–water partition coefficient (Wildman–Crippen LogP) is 5.01. The summed E-state index contributed by atoms with van der Waals surface area (Å²) >= 11 is 0. The first kappa shape index (κ1) is 15.9. The van der Waals surface area contributed by atoms with E-state index >= 15 is 0 Å². The summed E-state index contributed by atoms with van der Waals surface area (Å²) in [6.45, 7) is 2.59. The second-order valence-electron chi connectivity index (χ2n) is 4.24. The lowest BCUT2D eigenvalue weighted by Crippen LogP contribution is -1.86. The molecule has 0 saturated heterocycles. The lowest BCUT2D eigenvalue weighted by atomic mass is 10.1. The number of hydrogen-bond donors (Lipinski definition) is 0. The Hall–Kier alpha value is -0.140. The van der Waals surface area contributed by atoms with E-state index in [-0.39, 0.29) is 0 Å². The summed E-state index contributed by atoms with van der Waals surface area (Å²) in [5.41, 5.74) is 0. The molecule has 0 fully saturated rings. The molecule has 3 nitrogen and oxygen atoms in total. The molecule has 0 N–H and O–H groups in total. The van der Waals surface area contributed by atoms with Crippen molar-refractivity contribution in [2.45, 2.75) is 71.1 Å². The van der Waals surface area contributed by atoms with Crippen molar-refractivity contribution >= 4 is 7.91 Å². The van der Waals surface area contributed by atoms with Gasteiger partial charge in [-0.1, -0.05) is 64.7 Å². The van der Waals surface area contributed by atoms with E-state index in [0.29, 0.717) is 6.61 Å². The molecule has 0 aliphatic heterocycles. The van der Waals surface area contributed by atoms with Gasteiger partial charge in [-0.15, -0.1) is 0 Å². The Balaban J connectivity index is 2.93. The highest BCUT2D eigenvalue weighted by Gasteiger charge is 1.94. The fourth-order valence-electron chi connectivity index (χ4n) is 1.73. The van der Waals surface area contributed by atoms with Gasteiger partial charge >= 0.3 is 7.91 Å². The molecule has 0 aromatic heterocycles. The normalized spacial score (nSPS) is 10.6. The minimum Gasteiger partial charge on any atom is -0.271 e. The molecule has 0 unspecified atom stereocenters. The molecule has 0 radical (unpaired) electrons. The zero-order valence-corrected chi connectivity index (χ0v) is 11.3. The molecule has 96 valence electrons. The molecule has 0 aliphatic carbocycles. The van der Waals surface area contributed by atoms with Crippen LogP contribution in [0.25, 0.3) is 0 Å². The number of hydrogen-bond acceptors (Lipinski definition) is 3. The first-order chi connectivity index (χ1) is 7.77. The van der Waals surface area contributed by atoms with E-state index in [0.717, 1.165) is 12.8 Å². The molecule has 0 heterocycles. The van der Waals surface area contributed by atoms with Crippen molar-refractivity contribution in [1.82, 2.24) is 0 Å². The zero-order chi connectivity index (χ0) is 12.1. The maximum Gasteiger partial charge on any atom is 0.468 e. The van der Waals surface area contributed by atoms with Gasteiger partial charge in [-0.2, -0.15) is 0 Å². The van der Waals surface area contributed by atoms with E-state index in [1.807, 2.05) is 0 Å². The van der Waals surface area contributed by atoms with Gasteiger partial charge in [0.15, 0.2) is 0 Å². The molecular weight excluding hydrogens is 223 g/mol. The summed E-state index contributed by atoms with van der Waals surface area (Å²) in [6.07, 6.45) is 12.5. The average Bonchev–Trinajstić information content (AvgIpc) is 2.25. The van der Waals surface area contributed by atoms with Gasteiger partial charge in [-0.05, 0) is 6.42 Å². The van der Waals surface area contributed by atoms with Crippen molar-refractivity contribution in [3.63, 3.8) is 0 Å². The van der Waals surface area contributed by atoms with Gasteiger partial charge < -0.3 is 0 Å². The minimum atomic E-state index is -2.64. The summed E-state index contributed by atoms with van der Waals surface area (Å²) in [5.74, 6) is 0. The first-order valence-electron chi connectivity index (χ1n) is 6.54. The zero-order valence-electron chi connectivity index (χ0n) is 10.5. The molecule has 0 aromatic rings. The van der Waals surface area contributed by atoms with Crippen LogP contribution in [0.4, 0.5) is 0 Å². The fourth-order valence-corrected chi connectivity index (χ4v) is 2.01. The van der Waals surface area contributed by atoms with Crippen LogP contribution in [-0.2, 0) is 13.7 Å². The average molecular weight is 248 g/mol. The van der Waals surface area contributed by atoms with E-state index in [1.165, 1.54) is 51.4 Å². The predicted molar refractivity (Wildman–Crippen MR) is 66.1 cm³/mol. The van der Waals surface area contributed by atoms with Crippen LogP contribution in [0, 0.1) is 0 Å². The molecule has 4 heteroatoms. The molecule has 0 atom stereocenters. The third-order valence-electron chi connectivity index (χ3n) is 2.69. The molecule has 0 aliphatic rings. The Morgan fingerprint density at radius 1 is 0.750 bits per heavy atom.